The summed E-state index contributed by atoms with van der Waals surface area (Å²) in [6, 6.07) is 13.1. The first-order valence-corrected chi connectivity index (χ1v) is 10.3. The van der Waals surface area contributed by atoms with Gasteiger partial charge >= 0.3 is 0 Å². The van der Waals surface area contributed by atoms with Crippen LogP contribution in [0.4, 0.5) is 5.95 Å². The van der Waals surface area contributed by atoms with Crippen molar-refractivity contribution in [3.05, 3.63) is 69.8 Å². The summed E-state index contributed by atoms with van der Waals surface area (Å²) >= 11 is 6.39. The van der Waals surface area contributed by atoms with Crippen molar-refractivity contribution in [2.45, 2.75) is 20.8 Å². The van der Waals surface area contributed by atoms with E-state index in [9.17, 15) is 0 Å². The number of nitrogens with one attached hydrogen (secondary N) is 1. The fourth-order valence-electron chi connectivity index (χ4n) is 3.40. The predicted molar refractivity (Wildman–Crippen MR) is 125 cm³/mol. The van der Waals surface area contributed by atoms with Crippen molar-refractivity contribution in [1.82, 2.24) is 9.97 Å². The first kappa shape index (κ1) is 21.6. The number of hydrogen-bond donors (Lipinski definition) is 1. The van der Waals surface area contributed by atoms with E-state index in [4.69, 9.17) is 25.5 Å². The van der Waals surface area contributed by atoms with Gasteiger partial charge in [-0.3, -0.25) is 0 Å². The van der Waals surface area contributed by atoms with E-state index in [-0.39, 0.29) is 0 Å². The average molecular weight is 451 g/mol. The number of ether oxygens (including phenoxy) is 2. The Morgan fingerprint density at radius 3 is 2.31 bits per heavy atom. The fourth-order valence-corrected chi connectivity index (χ4v) is 3.56. The molecule has 1 N–H and O–H groups in total. The molecule has 0 saturated carbocycles. The Kier molecular flexibility index (Phi) is 6.01. The molecule has 4 aromatic rings. The summed E-state index contributed by atoms with van der Waals surface area (Å²) in [7, 11) is 3.20. The molecule has 32 heavy (non-hydrogen) atoms. The largest absolute Gasteiger partial charge is 0.493 e. The van der Waals surface area contributed by atoms with Gasteiger partial charge in [0.1, 0.15) is 11.3 Å². The Morgan fingerprint density at radius 2 is 1.62 bits per heavy atom. The van der Waals surface area contributed by atoms with Crippen molar-refractivity contribution in [3.8, 4) is 22.8 Å². The van der Waals surface area contributed by atoms with E-state index in [1.807, 2.05) is 63.2 Å². The van der Waals surface area contributed by atoms with Gasteiger partial charge in [0.15, 0.2) is 11.5 Å². The van der Waals surface area contributed by atoms with Crippen LogP contribution in [0.3, 0.4) is 0 Å². The third-order valence-electron chi connectivity index (χ3n) is 4.95. The smallest absolute Gasteiger partial charge is 0.243 e. The summed E-state index contributed by atoms with van der Waals surface area (Å²) in [5, 5.41) is 6.61. The highest BCUT2D eigenvalue weighted by Crippen LogP contribution is 2.33. The van der Waals surface area contributed by atoms with Gasteiger partial charge in [0, 0.05) is 33.4 Å². The Hall–Kier alpha value is -3.58. The molecular weight excluding hydrogens is 428 g/mol. The molecule has 0 radical (unpaired) electrons. The van der Waals surface area contributed by atoms with Crippen molar-refractivity contribution in [3.63, 3.8) is 0 Å². The van der Waals surface area contributed by atoms with Crippen molar-refractivity contribution in [2.24, 2.45) is 5.10 Å². The lowest BCUT2D eigenvalue weighted by Gasteiger charge is -2.11. The van der Waals surface area contributed by atoms with Crippen molar-refractivity contribution < 1.29 is 13.9 Å². The summed E-state index contributed by atoms with van der Waals surface area (Å²) in [5.74, 6) is 2.27. The third kappa shape index (κ3) is 4.38. The SMILES string of the molecule is COc1ccc(-c2c/c(=N\Nc3nc(C)cc(C)n3)c3cc(Cl)c(C)cc3o2)cc1OC. The second-order valence-electron chi connectivity index (χ2n) is 7.36. The Labute approximate surface area is 190 Å². The van der Waals surface area contributed by atoms with Gasteiger partial charge in [0.05, 0.1) is 19.6 Å². The van der Waals surface area contributed by atoms with E-state index < -0.39 is 0 Å². The quantitative estimate of drug-likeness (QED) is 0.409. The maximum absolute atomic E-state index is 6.39. The van der Waals surface area contributed by atoms with E-state index in [1.54, 1.807) is 14.2 Å². The lowest BCUT2D eigenvalue weighted by molar-refractivity contribution is 0.355. The number of halogens is 1. The molecule has 2 heterocycles. The first-order chi connectivity index (χ1) is 15.4. The van der Waals surface area contributed by atoms with Crippen LogP contribution in [0.1, 0.15) is 17.0 Å². The zero-order valence-electron chi connectivity index (χ0n) is 18.5. The molecule has 0 atom stereocenters. The highest BCUT2D eigenvalue weighted by atomic mass is 35.5. The van der Waals surface area contributed by atoms with Crippen LogP contribution in [0.25, 0.3) is 22.3 Å². The van der Waals surface area contributed by atoms with Gasteiger partial charge in [0.25, 0.3) is 0 Å². The molecule has 7 nitrogen and oxygen atoms in total. The summed E-state index contributed by atoms with van der Waals surface area (Å²) in [6.07, 6.45) is 0. The Morgan fingerprint density at radius 1 is 0.906 bits per heavy atom. The molecule has 0 aliphatic carbocycles. The van der Waals surface area contributed by atoms with Gasteiger partial charge in [0.2, 0.25) is 5.95 Å². The zero-order valence-corrected chi connectivity index (χ0v) is 19.2. The maximum atomic E-state index is 6.39. The lowest BCUT2D eigenvalue weighted by atomic mass is 10.1. The summed E-state index contributed by atoms with van der Waals surface area (Å²) < 4.78 is 17.0. The van der Waals surface area contributed by atoms with Crippen LogP contribution in [0.5, 0.6) is 11.5 Å². The number of rotatable bonds is 5. The van der Waals surface area contributed by atoms with Gasteiger partial charge in [-0.05, 0) is 62.7 Å². The number of nitrogens with zero attached hydrogens (tertiary/aromatic N) is 3. The van der Waals surface area contributed by atoms with Crippen molar-refractivity contribution in [1.29, 1.82) is 0 Å². The first-order valence-electron chi connectivity index (χ1n) is 9.96. The van der Waals surface area contributed by atoms with Crippen LogP contribution < -0.4 is 20.3 Å². The fraction of sp³-hybridized carbons (Fsp3) is 0.208. The van der Waals surface area contributed by atoms with E-state index in [1.165, 1.54) is 0 Å². The van der Waals surface area contributed by atoms with Gasteiger partial charge < -0.3 is 13.9 Å². The second-order valence-corrected chi connectivity index (χ2v) is 7.77. The second kappa shape index (κ2) is 8.88. The summed E-state index contributed by atoms with van der Waals surface area (Å²) in [6.45, 7) is 5.75. The minimum atomic E-state index is 0.419. The maximum Gasteiger partial charge on any atom is 0.243 e. The number of fused-ring (bicyclic) bond motifs is 1. The zero-order chi connectivity index (χ0) is 22.8. The topological polar surface area (TPSA) is 81.8 Å². The van der Waals surface area contributed by atoms with Crippen molar-refractivity contribution >= 4 is 28.5 Å². The molecule has 164 valence electrons. The molecule has 0 bridgehead atoms. The predicted octanol–water partition coefficient (Wildman–Crippen LogP) is 5.41. The third-order valence-corrected chi connectivity index (χ3v) is 5.36. The normalized spacial score (nSPS) is 11.6. The summed E-state index contributed by atoms with van der Waals surface area (Å²) in [5.41, 5.74) is 7.05. The summed E-state index contributed by atoms with van der Waals surface area (Å²) in [4.78, 5) is 8.77. The highest BCUT2D eigenvalue weighted by molar-refractivity contribution is 6.32. The molecule has 0 fully saturated rings. The van der Waals surface area contributed by atoms with Crippen LogP contribution in [-0.2, 0) is 0 Å². The number of benzene rings is 2. The molecule has 8 heteroatoms. The highest BCUT2D eigenvalue weighted by Gasteiger charge is 2.12. The minimum Gasteiger partial charge on any atom is -0.493 e. The monoisotopic (exact) mass is 450 g/mol. The van der Waals surface area contributed by atoms with Gasteiger partial charge in [-0.25, -0.2) is 15.4 Å². The average Bonchev–Trinajstić information content (AvgIpc) is 2.77. The van der Waals surface area contributed by atoms with E-state index in [2.05, 4.69) is 20.5 Å². The number of aromatic nitrogens is 2. The molecule has 0 aliphatic rings. The van der Waals surface area contributed by atoms with E-state index in [0.29, 0.717) is 39.2 Å². The van der Waals surface area contributed by atoms with Gasteiger partial charge in [-0.2, -0.15) is 5.10 Å². The lowest BCUT2D eigenvalue weighted by Crippen LogP contribution is -2.09. The van der Waals surface area contributed by atoms with Crippen LogP contribution in [-0.4, -0.2) is 24.2 Å². The molecular formula is C24H23ClN4O3. The molecule has 0 aliphatic heterocycles. The number of methoxy groups -OCH3 is 2. The van der Waals surface area contributed by atoms with Gasteiger partial charge in [-0.15, -0.1) is 0 Å². The molecule has 0 amide bonds. The van der Waals surface area contributed by atoms with Crippen LogP contribution in [0.2, 0.25) is 5.02 Å². The van der Waals surface area contributed by atoms with Gasteiger partial charge in [-0.1, -0.05) is 11.6 Å². The Bertz CT molecular complexity index is 1360. The molecule has 0 spiro atoms. The minimum absolute atomic E-state index is 0.419. The van der Waals surface area contributed by atoms with E-state index >= 15 is 0 Å². The molecule has 0 unspecified atom stereocenters. The number of hydrogen-bond acceptors (Lipinski definition) is 7. The molecule has 2 aromatic heterocycles. The molecule has 0 saturated heterocycles. The van der Waals surface area contributed by atoms with Crippen LogP contribution in [0.15, 0.2) is 52.0 Å². The molecule has 2 aromatic carbocycles. The Balaban J connectivity index is 1.90. The number of aryl methyl sites for hydroxylation is 3. The molecule has 4 rings (SSSR count). The van der Waals surface area contributed by atoms with Crippen molar-refractivity contribution in [2.75, 3.05) is 19.6 Å². The standard InChI is InChI=1S/C24H23ClN4O3/c1-13-8-22-17(11-18(13)25)19(28-29-24-26-14(2)9-15(3)27-24)12-21(32-22)16-6-7-20(30-4)23(10-16)31-5/h6-12H,1-5H3,(H,26,27,29)/b28-19+. The van der Waals surface area contributed by atoms with Crippen LogP contribution in [0, 0.1) is 20.8 Å². The van der Waals surface area contributed by atoms with Crippen LogP contribution >= 0.6 is 11.6 Å². The van der Waals surface area contributed by atoms with E-state index in [0.717, 1.165) is 27.9 Å². The number of anilines is 1.